The molecule has 1 unspecified atom stereocenters. The number of carbonyl (C=O) groups is 1. The number of hydrogen-bond acceptors (Lipinski definition) is 3. The highest BCUT2D eigenvalue weighted by Gasteiger charge is 2.25. The number of likely N-dealkylation sites (tertiary alicyclic amines) is 1. The Hall–Kier alpha value is -1.40. The summed E-state index contributed by atoms with van der Waals surface area (Å²) in [6.07, 6.45) is 5.20. The van der Waals surface area contributed by atoms with Crippen LogP contribution in [0.3, 0.4) is 0 Å². The minimum absolute atomic E-state index is 0.0174. The van der Waals surface area contributed by atoms with E-state index in [0.29, 0.717) is 5.56 Å². The van der Waals surface area contributed by atoms with Crippen LogP contribution in [0.25, 0.3) is 0 Å². The molecule has 1 atom stereocenters. The van der Waals surface area contributed by atoms with Crippen LogP contribution in [0.2, 0.25) is 0 Å². The average Bonchev–Trinajstić information content (AvgIpc) is 2.70. The number of amides is 1. The van der Waals surface area contributed by atoms with Crippen molar-refractivity contribution >= 4 is 15.9 Å². The SMILES string of the molecule is CCC1CCCCCN1C(=O)c1cccc(S(N)(=O)=O)c1. The summed E-state index contributed by atoms with van der Waals surface area (Å²) in [5.41, 5.74) is 0.391. The number of carbonyl (C=O) groups excluding carboxylic acids is 1. The van der Waals surface area contributed by atoms with Crippen LogP contribution >= 0.6 is 0 Å². The van der Waals surface area contributed by atoms with E-state index >= 15 is 0 Å². The molecule has 21 heavy (non-hydrogen) atoms. The molecule has 2 N–H and O–H groups in total. The van der Waals surface area contributed by atoms with Crippen molar-refractivity contribution in [2.24, 2.45) is 5.14 Å². The van der Waals surface area contributed by atoms with Gasteiger partial charge in [0.05, 0.1) is 4.90 Å². The van der Waals surface area contributed by atoms with Crippen molar-refractivity contribution in [1.82, 2.24) is 4.90 Å². The number of nitrogens with two attached hydrogens (primary N) is 1. The van der Waals surface area contributed by atoms with Gasteiger partial charge in [-0.1, -0.05) is 25.8 Å². The van der Waals surface area contributed by atoms with E-state index in [1.807, 2.05) is 4.90 Å². The summed E-state index contributed by atoms with van der Waals surface area (Å²) in [5.74, 6) is -0.103. The van der Waals surface area contributed by atoms with Crippen molar-refractivity contribution in [3.05, 3.63) is 29.8 Å². The third kappa shape index (κ3) is 3.83. The maximum Gasteiger partial charge on any atom is 0.254 e. The Morgan fingerprint density at radius 3 is 2.76 bits per heavy atom. The molecule has 0 spiro atoms. The van der Waals surface area contributed by atoms with Gasteiger partial charge >= 0.3 is 0 Å². The van der Waals surface area contributed by atoms with E-state index in [2.05, 4.69) is 6.92 Å². The quantitative estimate of drug-likeness (QED) is 0.928. The van der Waals surface area contributed by atoms with Gasteiger partial charge in [0.1, 0.15) is 0 Å². The monoisotopic (exact) mass is 310 g/mol. The smallest absolute Gasteiger partial charge is 0.254 e. The van der Waals surface area contributed by atoms with Crippen LogP contribution in [-0.2, 0) is 10.0 Å². The molecule has 2 rings (SSSR count). The second-order valence-electron chi connectivity index (χ2n) is 5.48. The Balaban J connectivity index is 2.30. The number of sulfonamides is 1. The van der Waals surface area contributed by atoms with Gasteiger partial charge in [0.2, 0.25) is 10.0 Å². The molecule has 1 amide bonds. The standard InChI is InChI=1S/C15H22N2O3S/c1-2-13-8-4-3-5-10-17(13)15(18)12-7-6-9-14(11-12)21(16,19)20/h6-7,9,11,13H,2-5,8,10H2,1H3,(H2,16,19,20). The first-order chi connectivity index (χ1) is 9.93. The molecule has 0 aromatic heterocycles. The van der Waals surface area contributed by atoms with Gasteiger partial charge in [0.25, 0.3) is 5.91 Å². The average molecular weight is 310 g/mol. The molecule has 6 heteroatoms. The van der Waals surface area contributed by atoms with Crippen molar-refractivity contribution in [3.8, 4) is 0 Å². The van der Waals surface area contributed by atoms with Crippen molar-refractivity contribution in [2.75, 3.05) is 6.54 Å². The first-order valence-electron chi connectivity index (χ1n) is 7.37. The highest BCUT2D eigenvalue weighted by Crippen LogP contribution is 2.22. The highest BCUT2D eigenvalue weighted by atomic mass is 32.2. The van der Waals surface area contributed by atoms with Crippen LogP contribution in [0.4, 0.5) is 0 Å². The van der Waals surface area contributed by atoms with Crippen LogP contribution in [0.5, 0.6) is 0 Å². The third-order valence-corrected chi connectivity index (χ3v) is 4.93. The molecule has 1 aromatic carbocycles. The fourth-order valence-corrected chi connectivity index (χ4v) is 3.40. The predicted molar refractivity (Wildman–Crippen MR) is 81.4 cm³/mol. The summed E-state index contributed by atoms with van der Waals surface area (Å²) in [4.78, 5) is 14.6. The zero-order valence-electron chi connectivity index (χ0n) is 12.3. The second kappa shape index (κ2) is 6.58. The summed E-state index contributed by atoms with van der Waals surface area (Å²) in [6.45, 7) is 2.81. The van der Waals surface area contributed by atoms with Crippen molar-refractivity contribution in [1.29, 1.82) is 0 Å². The summed E-state index contributed by atoms with van der Waals surface area (Å²) in [7, 11) is -3.79. The van der Waals surface area contributed by atoms with Crippen molar-refractivity contribution < 1.29 is 13.2 Å². The lowest BCUT2D eigenvalue weighted by Gasteiger charge is -2.29. The molecule has 1 aliphatic rings. The summed E-state index contributed by atoms with van der Waals surface area (Å²) >= 11 is 0. The zero-order valence-corrected chi connectivity index (χ0v) is 13.1. The van der Waals surface area contributed by atoms with Gasteiger partial charge in [-0.3, -0.25) is 4.79 Å². The molecule has 5 nitrogen and oxygen atoms in total. The molecule has 0 saturated carbocycles. The second-order valence-corrected chi connectivity index (χ2v) is 7.04. The molecule has 116 valence electrons. The lowest BCUT2D eigenvalue weighted by molar-refractivity contribution is 0.0678. The highest BCUT2D eigenvalue weighted by molar-refractivity contribution is 7.89. The number of rotatable bonds is 3. The Bertz CT molecular complexity index is 613. The van der Waals surface area contributed by atoms with E-state index in [1.54, 1.807) is 12.1 Å². The van der Waals surface area contributed by atoms with E-state index in [0.717, 1.165) is 38.6 Å². The van der Waals surface area contributed by atoms with Crippen LogP contribution < -0.4 is 5.14 Å². The van der Waals surface area contributed by atoms with Crippen LogP contribution in [0.15, 0.2) is 29.2 Å². The molecule has 1 saturated heterocycles. The lowest BCUT2D eigenvalue weighted by atomic mass is 10.1. The molecular formula is C15H22N2O3S. The fourth-order valence-electron chi connectivity index (χ4n) is 2.84. The fraction of sp³-hybridized carbons (Fsp3) is 0.533. The molecule has 0 bridgehead atoms. The largest absolute Gasteiger partial charge is 0.336 e. The third-order valence-electron chi connectivity index (χ3n) is 4.02. The molecule has 1 aromatic rings. The maximum atomic E-state index is 12.7. The summed E-state index contributed by atoms with van der Waals surface area (Å²) in [6, 6.07) is 6.22. The first-order valence-corrected chi connectivity index (χ1v) is 8.92. The number of primary sulfonamides is 1. The lowest BCUT2D eigenvalue weighted by Crippen LogP contribution is -2.39. The Kier molecular flexibility index (Phi) is 5.00. The van der Waals surface area contributed by atoms with Crippen LogP contribution in [0, 0.1) is 0 Å². The first kappa shape index (κ1) is 16.0. The Morgan fingerprint density at radius 2 is 2.10 bits per heavy atom. The van der Waals surface area contributed by atoms with Gasteiger partial charge in [0.15, 0.2) is 0 Å². The zero-order chi connectivity index (χ0) is 15.5. The van der Waals surface area contributed by atoms with Gasteiger partial charge in [-0.15, -0.1) is 0 Å². The van der Waals surface area contributed by atoms with E-state index in [4.69, 9.17) is 5.14 Å². The van der Waals surface area contributed by atoms with E-state index in [-0.39, 0.29) is 16.8 Å². The normalized spacial score (nSPS) is 20.1. The van der Waals surface area contributed by atoms with E-state index < -0.39 is 10.0 Å². The predicted octanol–water partition coefficient (Wildman–Crippen LogP) is 2.13. The Labute approximate surface area is 126 Å². The van der Waals surface area contributed by atoms with Gasteiger partial charge in [-0.25, -0.2) is 13.6 Å². The molecule has 0 radical (unpaired) electrons. The molecule has 1 fully saturated rings. The summed E-state index contributed by atoms with van der Waals surface area (Å²) < 4.78 is 22.8. The molecule has 1 aliphatic heterocycles. The topological polar surface area (TPSA) is 80.5 Å². The van der Waals surface area contributed by atoms with Crippen LogP contribution in [0.1, 0.15) is 49.4 Å². The minimum atomic E-state index is -3.79. The van der Waals surface area contributed by atoms with E-state index in [9.17, 15) is 13.2 Å². The van der Waals surface area contributed by atoms with Gasteiger partial charge in [-0.2, -0.15) is 0 Å². The number of nitrogens with zero attached hydrogens (tertiary/aromatic N) is 1. The number of benzene rings is 1. The van der Waals surface area contributed by atoms with Gasteiger partial charge in [-0.05, 0) is 37.5 Å². The van der Waals surface area contributed by atoms with Gasteiger partial charge in [0, 0.05) is 18.2 Å². The summed E-state index contributed by atoms with van der Waals surface area (Å²) in [5, 5.41) is 5.13. The molecular weight excluding hydrogens is 288 g/mol. The molecule has 0 aliphatic carbocycles. The van der Waals surface area contributed by atoms with Crippen LogP contribution in [-0.4, -0.2) is 31.8 Å². The minimum Gasteiger partial charge on any atom is -0.336 e. The maximum absolute atomic E-state index is 12.7. The molecule has 1 heterocycles. The van der Waals surface area contributed by atoms with Crippen molar-refractivity contribution in [3.63, 3.8) is 0 Å². The number of hydrogen-bond donors (Lipinski definition) is 1. The van der Waals surface area contributed by atoms with Gasteiger partial charge < -0.3 is 4.90 Å². The Morgan fingerprint density at radius 1 is 1.33 bits per heavy atom. The van der Waals surface area contributed by atoms with E-state index in [1.165, 1.54) is 12.1 Å². The van der Waals surface area contributed by atoms with Crippen molar-refractivity contribution in [2.45, 2.75) is 50.0 Å².